The summed E-state index contributed by atoms with van der Waals surface area (Å²) in [5.74, 6) is -1.68. The van der Waals surface area contributed by atoms with Crippen LogP contribution in [0, 0.1) is 32.8 Å². The number of amides is 1. The summed E-state index contributed by atoms with van der Waals surface area (Å²) in [4.78, 5) is 34.1. The molecular weight excluding hydrogens is 440 g/mol. The van der Waals surface area contributed by atoms with Crippen LogP contribution in [0.3, 0.4) is 0 Å². The van der Waals surface area contributed by atoms with Crippen LogP contribution in [-0.4, -0.2) is 21.9 Å². The van der Waals surface area contributed by atoms with E-state index < -0.39 is 16.8 Å². The van der Waals surface area contributed by atoms with Crippen molar-refractivity contribution in [1.29, 1.82) is 10.5 Å². The maximum absolute atomic E-state index is 12.6. The summed E-state index contributed by atoms with van der Waals surface area (Å²) in [6.45, 7) is 0. The highest BCUT2D eigenvalue weighted by atomic mass is 16.6. The summed E-state index contributed by atoms with van der Waals surface area (Å²) in [6.07, 6.45) is 1.28. The van der Waals surface area contributed by atoms with Gasteiger partial charge in [-0.25, -0.2) is 4.79 Å². The number of non-ortho nitro benzene ring substituents is 1. The monoisotopic (exact) mass is 454 g/mol. The lowest BCUT2D eigenvalue weighted by Crippen LogP contribution is -2.16. The van der Waals surface area contributed by atoms with Gasteiger partial charge in [-0.3, -0.25) is 14.9 Å². The van der Waals surface area contributed by atoms with E-state index in [9.17, 15) is 35.3 Å². The number of nitriles is 2. The van der Waals surface area contributed by atoms with Crippen molar-refractivity contribution in [3.05, 3.63) is 99.1 Å². The molecule has 0 fully saturated rings. The summed E-state index contributed by atoms with van der Waals surface area (Å²) in [5.41, 5.74) is -0.249. The fourth-order valence-electron chi connectivity index (χ4n) is 2.89. The molecule has 0 saturated heterocycles. The number of nitro groups is 1. The minimum Gasteiger partial charge on any atom is -0.478 e. The Bertz CT molecular complexity index is 1420. The van der Waals surface area contributed by atoms with Gasteiger partial charge in [0.2, 0.25) is 0 Å². The number of hydrogen-bond donors (Lipinski definition) is 2. The maximum atomic E-state index is 12.6. The smallest absolute Gasteiger partial charge is 0.337 e. The third-order valence-corrected chi connectivity index (χ3v) is 4.46. The molecule has 0 spiro atoms. The number of benzene rings is 3. The molecule has 0 aliphatic rings. The summed E-state index contributed by atoms with van der Waals surface area (Å²) in [7, 11) is 0. The van der Waals surface area contributed by atoms with Crippen molar-refractivity contribution in [3.8, 4) is 23.6 Å². The van der Waals surface area contributed by atoms with Crippen LogP contribution < -0.4 is 10.1 Å². The molecule has 0 bridgehead atoms. The highest BCUT2D eigenvalue weighted by molar-refractivity contribution is 6.11. The molecule has 1 amide bonds. The average Bonchev–Trinajstić information content (AvgIpc) is 2.83. The summed E-state index contributed by atoms with van der Waals surface area (Å²) in [5, 5.41) is 41.3. The second-order valence-electron chi connectivity index (χ2n) is 6.70. The lowest BCUT2D eigenvalue weighted by molar-refractivity contribution is -0.384. The summed E-state index contributed by atoms with van der Waals surface area (Å²) < 4.78 is 5.67. The Balaban J connectivity index is 1.85. The predicted octanol–water partition coefficient (Wildman–Crippen LogP) is 4.50. The zero-order valence-corrected chi connectivity index (χ0v) is 17.3. The van der Waals surface area contributed by atoms with Gasteiger partial charge in [0, 0.05) is 12.1 Å². The minimum absolute atomic E-state index is 0.0377. The second-order valence-corrected chi connectivity index (χ2v) is 6.70. The fraction of sp³-hybridized carbons (Fsp3) is 0. The van der Waals surface area contributed by atoms with Crippen molar-refractivity contribution in [1.82, 2.24) is 0 Å². The van der Waals surface area contributed by atoms with Gasteiger partial charge in [-0.05, 0) is 42.0 Å². The van der Waals surface area contributed by atoms with E-state index in [0.29, 0.717) is 5.56 Å². The summed E-state index contributed by atoms with van der Waals surface area (Å²) in [6, 6.07) is 19.2. The zero-order valence-electron chi connectivity index (χ0n) is 17.3. The molecule has 3 aromatic rings. The van der Waals surface area contributed by atoms with E-state index in [2.05, 4.69) is 5.32 Å². The van der Waals surface area contributed by atoms with Gasteiger partial charge in [-0.1, -0.05) is 24.3 Å². The van der Waals surface area contributed by atoms with Crippen LogP contribution in [0.15, 0.2) is 72.3 Å². The number of para-hydroxylation sites is 1. The molecule has 0 aliphatic carbocycles. The number of nitrogens with zero attached hydrogens (tertiary/aromatic N) is 3. The molecular formula is C24H14N4O6. The molecule has 10 nitrogen and oxygen atoms in total. The molecule has 0 atom stereocenters. The average molecular weight is 454 g/mol. The first kappa shape index (κ1) is 23.2. The van der Waals surface area contributed by atoms with E-state index in [0.717, 1.165) is 6.07 Å². The highest BCUT2D eigenvalue weighted by Gasteiger charge is 2.16. The molecule has 0 radical (unpaired) electrons. The molecule has 0 heterocycles. The van der Waals surface area contributed by atoms with E-state index in [-0.39, 0.29) is 39.6 Å². The number of aromatic carboxylic acids is 1. The van der Waals surface area contributed by atoms with Gasteiger partial charge < -0.3 is 15.2 Å². The lowest BCUT2D eigenvalue weighted by Gasteiger charge is -2.09. The molecule has 3 aromatic carbocycles. The number of carboxylic acid groups (broad SMARTS) is 1. The Hall–Kier alpha value is -5.48. The third kappa shape index (κ3) is 5.41. The van der Waals surface area contributed by atoms with E-state index >= 15 is 0 Å². The first-order chi connectivity index (χ1) is 16.3. The van der Waals surface area contributed by atoms with E-state index in [1.54, 1.807) is 30.3 Å². The van der Waals surface area contributed by atoms with Crippen molar-refractivity contribution in [2.24, 2.45) is 0 Å². The van der Waals surface area contributed by atoms with Gasteiger partial charge >= 0.3 is 5.97 Å². The number of carboxylic acids is 1. The van der Waals surface area contributed by atoms with Gasteiger partial charge in [0.1, 0.15) is 34.8 Å². The molecule has 0 aliphatic heterocycles. The molecule has 0 aromatic heterocycles. The van der Waals surface area contributed by atoms with Crippen LogP contribution >= 0.6 is 0 Å². The van der Waals surface area contributed by atoms with Gasteiger partial charge in [0.15, 0.2) is 0 Å². The van der Waals surface area contributed by atoms with Crippen LogP contribution in [0.4, 0.5) is 11.4 Å². The topological polar surface area (TPSA) is 166 Å². The van der Waals surface area contributed by atoms with Gasteiger partial charge in [0.25, 0.3) is 11.6 Å². The Morgan fingerprint density at radius 3 is 2.50 bits per heavy atom. The largest absolute Gasteiger partial charge is 0.478 e. The van der Waals surface area contributed by atoms with Crippen molar-refractivity contribution >= 4 is 29.3 Å². The number of ether oxygens (including phenoxy) is 1. The highest BCUT2D eigenvalue weighted by Crippen LogP contribution is 2.29. The number of anilines is 1. The first-order valence-electron chi connectivity index (χ1n) is 9.54. The Kier molecular flexibility index (Phi) is 6.97. The van der Waals surface area contributed by atoms with Crippen LogP contribution in [0.25, 0.3) is 6.08 Å². The van der Waals surface area contributed by atoms with Crippen LogP contribution in [-0.2, 0) is 4.79 Å². The van der Waals surface area contributed by atoms with E-state index in [4.69, 9.17) is 4.74 Å². The maximum Gasteiger partial charge on any atom is 0.337 e. The predicted molar refractivity (Wildman–Crippen MR) is 120 cm³/mol. The fourth-order valence-corrected chi connectivity index (χ4v) is 2.89. The Morgan fingerprint density at radius 2 is 1.82 bits per heavy atom. The number of nitrogens with one attached hydrogen (secondary N) is 1. The molecule has 3 rings (SSSR count). The summed E-state index contributed by atoms with van der Waals surface area (Å²) >= 11 is 0. The quantitative estimate of drug-likeness (QED) is 0.228. The van der Waals surface area contributed by atoms with Crippen LogP contribution in [0.2, 0.25) is 0 Å². The molecule has 166 valence electrons. The third-order valence-electron chi connectivity index (χ3n) is 4.46. The van der Waals surface area contributed by atoms with Crippen LogP contribution in [0.5, 0.6) is 11.5 Å². The second kappa shape index (κ2) is 10.2. The first-order valence-corrected chi connectivity index (χ1v) is 9.54. The molecule has 0 saturated carbocycles. The van der Waals surface area contributed by atoms with Crippen LogP contribution in [0.1, 0.15) is 21.5 Å². The van der Waals surface area contributed by atoms with Gasteiger partial charge in [-0.15, -0.1) is 0 Å². The minimum atomic E-state index is -1.23. The van der Waals surface area contributed by atoms with Crippen molar-refractivity contribution in [2.75, 3.05) is 5.32 Å². The number of carbonyl (C=O) groups is 2. The van der Waals surface area contributed by atoms with Crippen molar-refractivity contribution in [2.45, 2.75) is 0 Å². The number of carbonyl (C=O) groups excluding carboxylic acids is 1. The SMILES string of the molecule is N#CC(=Cc1cccc(Oc2ccc([N+](=O)[O-])cc2C#N)c1)C(=O)Nc1ccccc1C(=O)O. The molecule has 10 heteroatoms. The Labute approximate surface area is 192 Å². The van der Waals surface area contributed by atoms with Crippen molar-refractivity contribution < 1.29 is 24.4 Å². The number of hydrogen-bond acceptors (Lipinski definition) is 7. The standard InChI is InChI=1S/C24H14N4O6/c25-13-16-12-18(28(32)33)8-9-22(16)34-19-5-3-4-15(11-19)10-17(14-26)23(29)27-21-7-2-1-6-20(21)24(30)31/h1-12H,(H,27,29)(H,30,31). The number of rotatable bonds is 7. The van der Waals surface area contributed by atoms with E-state index in [1.807, 2.05) is 6.07 Å². The van der Waals surface area contributed by atoms with Gasteiger partial charge in [-0.2, -0.15) is 10.5 Å². The molecule has 34 heavy (non-hydrogen) atoms. The molecule has 0 unspecified atom stereocenters. The number of nitro benzene ring substituents is 1. The van der Waals surface area contributed by atoms with Gasteiger partial charge in [0.05, 0.1) is 16.2 Å². The van der Waals surface area contributed by atoms with Crippen molar-refractivity contribution in [3.63, 3.8) is 0 Å². The zero-order chi connectivity index (χ0) is 24.7. The lowest BCUT2D eigenvalue weighted by atomic mass is 10.1. The normalized spacial score (nSPS) is 10.5. The molecule has 2 N–H and O–H groups in total. The Morgan fingerprint density at radius 1 is 1.06 bits per heavy atom. The van der Waals surface area contributed by atoms with E-state index in [1.165, 1.54) is 42.5 Å².